The Morgan fingerprint density at radius 2 is 1.80 bits per heavy atom. The Balaban J connectivity index is 1.20. The Kier molecular flexibility index (Phi) is 14.6. The van der Waals surface area contributed by atoms with Gasteiger partial charge in [-0.15, -0.1) is 0 Å². The minimum Gasteiger partial charge on any atom is -0.487 e. The lowest BCUT2D eigenvalue weighted by atomic mass is 9.70. The minimum atomic E-state index is -4.44. The van der Waals surface area contributed by atoms with Crippen LogP contribution in [0.5, 0.6) is 5.75 Å². The lowest BCUT2D eigenvalue weighted by Gasteiger charge is -2.45. The zero-order valence-corrected chi connectivity index (χ0v) is 40.7. The minimum absolute atomic E-state index is 0.0500. The molecule has 354 valence electrons. The van der Waals surface area contributed by atoms with Gasteiger partial charge >= 0.3 is 10.2 Å². The first kappa shape index (κ1) is 48.8. The van der Waals surface area contributed by atoms with Gasteiger partial charge < -0.3 is 28.8 Å². The van der Waals surface area contributed by atoms with Gasteiger partial charge in [-0.1, -0.05) is 56.7 Å². The number of benzene rings is 2. The van der Waals surface area contributed by atoms with E-state index in [4.69, 9.17) is 25.5 Å². The summed E-state index contributed by atoms with van der Waals surface area (Å²) in [5.74, 6) is -3.67. The third-order valence-electron chi connectivity index (χ3n) is 14.2. The van der Waals surface area contributed by atoms with Gasteiger partial charge in [-0.25, -0.2) is 13.5 Å². The van der Waals surface area contributed by atoms with Gasteiger partial charge in [-0.2, -0.15) is 12.7 Å². The maximum atomic E-state index is 14.4. The Morgan fingerprint density at radius 3 is 2.48 bits per heavy atom. The van der Waals surface area contributed by atoms with Crippen LogP contribution in [0.2, 0.25) is 23.2 Å². The van der Waals surface area contributed by atoms with Crippen LogP contribution in [0, 0.1) is 11.8 Å². The van der Waals surface area contributed by atoms with Crippen molar-refractivity contribution in [1.29, 1.82) is 0 Å². The van der Waals surface area contributed by atoms with Crippen LogP contribution in [0.25, 0.3) is 0 Å². The van der Waals surface area contributed by atoms with Crippen LogP contribution in [-0.4, -0.2) is 132 Å². The molecule has 4 aliphatic heterocycles. The summed E-state index contributed by atoms with van der Waals surface area (Å²) >= 11 is 6.42. The molecule has 0 radical (unpaired) electrons. The van der Waals surface area contributed by atoms with Crippen molar-refractivity contribution >= 4 is 47.6 Å². The van der Waals surface area contributed by atoms with Crippen molar-refractivity contribution in [2.24, 2.45) is 11.8 Å². The number of carbonyl (C=O) groups excluding carboxylic acids is 2. The second-order valence-electron chi connectivity index (χ2n) is 20.0. The van der Waals surface area contributed by atoms with E-state index < -0.39 is 48.3 Å². The maximum absolute atomic E-state index is 14.4. The molecule has 2 aromatic carbocycles. The van der Waals surface area contributed by atoms with E-state index in [1.54, 1.807) is 24.1 Å². The van der Waals surface area contributed by atoms with E-state index in [-0.39, 0.29) is 74.0 Å². The summed E-state index contributed by atoms with van der Waals surface area (Å²) < 4.78 is 77.4. The second kappa shape index (κ2) is 19.2. The van der Waals surface area contributed by atoms with E-state index in [1.807, 2.05) is 30.4 Å². The molecule has 2 saturated heterocycles. The van der Waals surface area contributed by atoms with Crippen LogP contribution < -0.4 is 14.4 Å². The fourth-order valence-electron chi connectivity index (χ4n) is 8.96. The molecule has 3 fully saturated rings. The van der Waals surface area contributed by atoms with Gasteiger partial charge in [-0.3, -0.25) is 14.5 Å². The highest BCUT2D eigenvalue weighted by molar-refractivity contribution is 7.87. The third kappa shape index (κ3) is 11.2. The third-order valence-corrected chi connectivity index (χ3v) is 20.4. The number of likely N-dealkylation sites (tertiary alicyclic amines) is 1. The van der Waals surface area contributed by atoms with Crippen LogP contribution in [0.4, 0.5) is 14.5 Å². The Morgan fingerprint density at radius 1 is 1.05 bits per heavy atom. The molecule has 2 bridgehead atoms. The van der Waals surface area contributed by atoms with Gasteiger partial charge in [0.2, 0.25) is 5.91 Å². The highest BCUT2D eigenvalue weighted by Crippen LogP contribution is 2.44. The first-order valence-electron chi connectivity index (χ1n) is 22.7. The van der Waals surface area contributed by atoms with Crippen molar-refractivity contribution in [1.82, 2.24) is 18.8 Å². The van der Waals surface area contributed by atoms with Crippen LogP contribution in [0.3, 0.4) is 0 Å². The molecule has 4 atom stereocenters. The molecule has 2 aromatic rings. The van der Waals surface area contributed by atoms with Crippen molar-refractivity contribution < 1.29 is 45.8 Å². The predicted molar refractivity (Wildman–Crippen MR) is 245 cm³/mol. The number of alkyl halides is 2. The first-order chi connectivity index (χ1) is 30.0. The summed E-state index contributed by atoms with van der Waals surface area (Å²) in [6.07, 6.45) is 7.34. The van der Waals surface area contributed by atoms with E-state index >= 15 is 0 Å². The number of hydrogen-bond donors (Lipinski definition) is 2. The molecule has 0 unspecified atom stereocenters. The first-order valence-corrected chi connectivity index (χ1v) is 27.4. The SMILES string of the molecule is CN1CC/C=C/[C@H](OCCN2CC(F)(F)C2)[C@@H]2CC[C@H]2CN2CCCCc3cc(Cl)ccc3COc3ccc(cc32)[C@@](O)(C(=O)NS(=O)(=O)N2CC(O[Si](C)(C)C(C)(C)C)C2)CC1=O. The highest BCUT2D eigenvalue weighted by atomic mass is 35.5. The number of nitrogens with zero attached hydrogens (tertiary/aromatic N) is 4. The molecule has 18 heteroatoms. The van der Waals surface area contributed by atoms with Crippen molar-refractivity contribution in [2.45, 2.75) is 114 Å². The molecular formula is C46H66ClF2N5O8SSi. The lowest BCUT2D eigenvalue weighted by Crippen LogP contribution is -2.63. The van der Waals surface area contributed by atoms with E-state index in [9.17, 15) is 31.9 Å². The van der Waals surface area contributed by atoms with Crippen LogP contribution in [0.1, 0.15) is 76.0 Å². The average Bonchev–Trinajstić information content (AvgIpc) is 3.20. The number of aryl methyl sites for hydroxylation is 1. The number of aliphatic hydroxyl groups is 1. The van der Waals surface area contributed by atoms with Crippen LogP contribution in [0.15, 0.2) is 48.6 Å². The number of halogens is 3. The maximum Gasteiger partial charge on any atom is 0.304 e. The lowest BCUT2D eigenvalue weighted by molar-refractivity contribution is -0.148. The van der Waals surface area contributed by atoms with Gasteiger partial charge in [0, 0.05) is 51.3 Å². The number of nitrogens with one attached hydrogen (secondary N) is 1. The van der Waals surface area contributed by atoms with Crippen LogP contribution >= 0.6 is 11.6 Å². The normalized spacial score (nSPS) is 27.1. The number of ether oxygens (including phenoxy) is 2. The van der Waals surface area contributed by atoms with Crippen molar-refractivity contribution in [3.63, 3.8) is 0 Å². The molecular weight excluding hydrogens is 884 g/mol. The van der Waals surface area contributed by atoms with Crippen LogP contribution in [-0.2, 0) is 47.6 Å². The molecule has 1 saturated carbocycles. The number of fused-ring (bicyclic) bond motifs is 3. The van der Waals surface area contributed by atoms with Gasteiger partial charge in [0.05, 0.1) is 44.0 Å². The molecule has 64 heavy (non-hydrogen) atoms. The van der Waals surface area contributed by atoms with Gasteiger partial charge in [0.25, 0.3) is 11.8 Å². The Labute approximate surface area is 383 Å². The second-order valence-corrected chi connectivity index (χ2v) is 26.9. The van der Waals surface area contributed by atoms with E-state index in [0.29, 0.717) is 49.1 Å². The van der Waals surface area contributed by atoms with E-state index in [0.717, 1.165) is 47.5 Å². The summed E-state index contributed by atoms with van der Waals surface area (Å²) in [5, 5.41) is 13.2. The number of hydrogen-bond acceptors (Lipinski definition) is 10. The zero-order chi connectivity index (χ0) is 46.2. The predicted octanol–water partition coefficient (Wildman–Crippen LogP) is 6.49. The average molecular weight is 951 g/mol. The van der Waals surface area contributed by atoms with Crippen molar-refractivity contribution in [3.8, 4) is 5.75 Å². The fourth-order valence-corrected chi connectivity index (χ4v) is 11.7. The molecule has 5 aliphatic rings. The largest absolute Gasteiger partial charge is 0.487 e. The standard InChI is InChI=1S/C46H66ClF2N5O8SSi/c1-44(2,3)64(5,6)62-37-27-54(28-37)63(58,59)50-43(56)46(57)25-42(55)51(4)19-9-8-12-40(60-22-21-52-30-45(48,49)31-52)38-17-14-33(38)26-53-20-10-7-11-32-23-36(47)16-13-34(32)29-61-41-18-15-35(46)24-39(41)53/h8,12-13,15-16,18,23-24,33,37-38,40,57H,7,9-11,14,17,19-22,25-31H2,1-6H3,(H,50,56)/b12-8+/t33-,38+,40-,46+/m0/s1. The summed E-state index contributed by atoms with van der Waals surface area (Å²) in [5.41, 5.74) is 0.124. The number of carbonyl (C=O) groups is 2. The molecule has 2 amide bonds. The van der Waals surface area contributed by atoms with Crippen molar-refractivity contribution in [2.75, 3.05) is 70.9 Å². The summed E-state index contributed by atoms with van der Waals surface area (Å²) in [4.78, 5) is 33.8. The van der Waals surface area contributed by atoms with Crippen molar-refractivity contribution in [3.05, 3.63) is 70.3 Å². The molecule has 7 rings (SSSR count). The quantitative estimate of drug-likeness (QED) is 0.212. The Bertz CT molecular complexity index is 2160. The topological polar surface area (TPSA) is 141 Å². The molecule has 0 spiro atoms. The number of amides is 2. The monoisotopic (exact) mass is 949 g/mol. The summed E-state index contributed by atoms with van der Waals surface area (Å²) in [6, 6.07) is 10.6. The molecule has 2 N–H and O–H groups in total. The smallest absolute Gasteiger partial charge is 0.304 e. The molecule has 1 aliphatic carbocycles. The zero-order valence-electron chi connectivity index (χ0n) is 38.1. The van der Waals surface area contributed by atoms with E-state index in [2.05, 4.69) is 43.5 Å². The highest BCUT2D eigenvalue weighted by Gasteiger charge is 2.49. The molecule has 13 nitrogen and oxygen atoms in total. The van der Waals surface area contributed by atoms with Gasteiger partial charge in [0.15, 0.2) is 13.9 Å². The fraction of sp³-hybridized carbons (Fsp3) is 0.652. The molecule has 4 heterocycles. The summed E-state index contributed by atoms with van der Waals surface area (Å²) in [6.45, 7) is 12.4. The number of rotatable bonds is 9. The molecule has 0 aromatic heterocycles. The number of anilines is 1. The van der Waals surface area contributed by atoms with Gasteiger partial charge in [-0.05, 0) is 109 Å². The Hall–Kier alpha value is -3.16. The van der Waals surface area contributed by atoms with Gasteiger partial charge in [0.1, 0.15) is 12.4 Å². The summed E-state index contributed by atoms with van der Waals surface area (Å²) in [7, 11) is -5.06. The van der Waals surface area contributed by atoms with E-state index in [1.165, 1.54) is 11.0 Å².